The van der Waals surface area contributed by atoms with Crippen LogP contribution in [0.25, 0.3) is 0 Å². The van der Waals surface area contributed by atoms with E-state index in [4.69, 9.17) is 10.5 Å². The predicted octanol–water partition coefficient (Wildman–Crippen LogP) is 1.30. The van der Waals surface area contributed by atoms with Crippen LogP contribution in [0.5, 0.6) is 0 Å². The number of fused-ring (bicyclic) bond motifs is 1. The summed E-state index contributed by atoms with van der Waals surface area (Å²) < 4.78 is 17.8. The molecule has 1 fully saturated rings. The van der Waals surface area contributed by atoms with Gasteiger partial charge in [0.1, 0.15) is 19.4 Å². The first-order valence-corrected chi connectivity index (χ1v) is 8.68. The SMILES string of the molecule is NC1CCC(C2CC[C@@H]3CC(OCC(O)CF)=CC[C@@H]3N2)=CN1. The summed E-state index contributed by atoms with van der Waals surface area (Å²) in [5, 5.41) is 16.3. The third-order valence-corrected chi connectivity index (χ3v) is 5.19. The summed E-state index contributed by atoms with van der Waals surface area (Å²) in [6.45, 7) is -0.704. The molecule has 2 aliphatic heterocycles. The molecule has 23 heavy (non-hydrogen) atoms. The van der Waals surface area contributed by atoms with Crippen molar-refractivity contribution in [2.45, 2.75) is 62.9 Å². The smallest absolute Gasteiger partial charge is 0.119 e. The zero-order valence-corrected chi connectivity index (χ0v) is 13.5. The summed E-state index contributed by atoms with van der Waals surface area (Å²) in [4.78, 5) is 0. The molecule has 0 bridgehead atoms. The number of nitrogens with one attached hydrogen (secondary N) is 2. The van der Waals surface area contributed by atoms with Gasteiger partial charge in [-0.2, -0.15) is 0 Å². The van der Waals surface area contributed by atoms with Gasteiger partial charge in [0.25, 0.3) is 0 Å². The van der Waals surface area contributed by atoms with Gasteiger partial charge in [0.05, 0.1) is 11.9 Å². The quantitative estimate of drug-likeness (QED) is 0.613. The Morgan fingerprint density at radius 2 is 2.26 bits per heavy atom. The lowest BCUT2D eigenvalue weighted by Gasteiger charge is -2.41. The first-order valence-electron chi connectivity index (χ1n) is 8.68. The normalized spacial score (nSPS) is 35.4. The van der Waals surface area contributed by atoms with Crippen molar-refractivity contribution >= 4 is 0 Å². The number of piperidine rings is 1. The highest BCUT2D eigenvalue weighted by atomic mass is 19.1. The summed E-state index contributed by atoms with van der Waals surface area (Å²) in [5.41, 5.74) is 7.30. The molecule has 0 aromatic heterocycles. The molecule has 6 heteroatoms. The minimum absolute atomic E-state index is 0.0502. The molecular weight excluding hydrogens is 297 g/mol. The molecule has 130 valence electrons. The molecule has 1 aliphatic carbocycles. The maximum atomic E-state index is 12.3. The van der Waals surface area contributed by atoms with Crippen LogP contribution < -0.4 is 16.4 Å². The molecule has 5 atom stereocenters. The molecule has 1 saturated heterocycles. The Hall–Kier alpha value is -1.11. The number of alkyl halides is 1. The monoisotopic (exact) mass is 325 g/mol. The fourth-order valence-electron chi connectivity index (χ4n) is 3.79. The number of aliphatic hydroxyl groups is 1. The molecule has 5 N–H and O–H groups in total. The second-order valence-corrected chi connectivity index (χ2v) is 6.92. The average molecular weight is 325 g/mol. The van der Waals surface area contributed by atoms with Crippen molar-refractivity contribution in [3.05, 3.63) is 23.6 Å². The van der Waals surface area contributed by atoms with Crippen molar-refractivity contribution in [2.24, 2.45) is 11.7 Å². The first-order chi connectivity index (χ1) is 11.2. The summed E-state index contributed by atoms with van der Waals surface area (Å²) >= 11 is 0. The topological polar surface area (TPSA) is 79.5 Å². The van der Waals surface area contributed by atoms with Crippen molar-refractivity contribution in [3.63, 3.8) is 0 Å². The van der Waals surface area contributed by atoms with Crippen LogP contribution in [0.3, 0.4) is 0 Å². The number of allylic oxidation sites excluding steroid dienone is 1. The fraction of sp³-hybridized carbons (Fsp3) is 0.765. The first kappa shape index (κ1) is 16.7. The highest BCUT2D eigenvalue weighted by Crippen LogP contribution is 2.35. The van der Waals surface area contributed by atoms with E-state index in [1.54, 1.807) is 0 Å². The minimum atomic E-state index is -1.01. The summed E-state index contributed by atoms with van der Waals surface area (Å²) in [6.07, 6.45) is 9.42. The summed E-state index contributed by atoms with van der Waals surface area (Å²) in [5.74, 6) is 1.47. The zero-order valence-electron chi connectivity index (χ0n) is 13.5. The van der Waals surface area contributed by atoms with E-state index >= 15 is 0 Å². The molecule has 3 unspecified atom stereocenters. The second-order valence-electron chi connectivity index (χ2n) is 6.92. The lowest BCUT2D eigenvalue weighted by atomic mass is 9.78. The molecule has 0 saturated carbocycles. The van der Waals surface area contributed by atoms with Gasteiger partial charge in [-0.3, -0.25) is 0 Å². The highest BCUT2D eigenvalue weighted by Gasteiger charge is 2.34. The van der Waals surface area contributed by atoms with Gasteiger partial charge in [0.2, 0.25) is 0 Å². The van der Waals surface area contributed by atoms with E-state index in [1.165, 1.54) is 5.57 Å². The third-order valence-electron chi connectivity index (χ3n) is 5.19. The Bertz CT molecular complexity index is 469. The second kappa shape index (κ2) is 7.64. The van der Waals surface area contributed by atoms with Gasteiger partial charge in [-0.05, 0) is 55.9 Å². The van der Waals surface area contributed by atoms with Gasteiger partial charge < -0.3 is 26.2 Å². The fourth-order valence-corrected chi connectivity index (χ4v) is 3.79. The van der Waals surface area contributed by atoms with Crippen LogP contribution in [0.2, 0.25) is 0 Å². The maximum Gasteiger partial charge on any atom is 0.119 e. The largest absolute Gasteiger partial charge is 0.495 e. The number of hydrogen-bond donors (Lipinski definition) is 4. The molecule has 5 nitrogen and oxygen atoms in total. The lowest BCUT2D eigenvalue weighted by Crippen LogP contribution is -2.50. The van der Waals surface area contributed by atoms with Crippen molar-refractivity contribution in [1.29, 1.82) is 0 Å². The number of ether oxygens (including phenoxy) is 1. The lowest BCUT2D eigenvalue weighted by molar-refractivity contribution is 0.0440. The van der Waals surface area contributed by atoms with Crippen LogP contribution in [-0.4, -0.2) is 42.7 Å². The Labute approximate surface area is 137 Å². The molecule has 2 heterocycles. The summed E-state index contributed by atoms with van der Waals surface area (Å²) in [6, 6.07) is 0.921. The Morgan fingerprint density at radius 1 is 1.39 bits per heavy atom. The molecule has 3 aliphatic rings. The van der Waals surface area contributed by atoms with Crippen LogP contribution in [0.15, 0.2) is 23.6 Å². The van der Waals surface area contributed by atoms with E-state index < -0.39 is 12.8 Å². The van der Waals surface area contributed by atoms with Crippen molar-refractivity contribution in [1.82, 2.24) is 10.6 Å². The van der Waals surface area contributed by atoms with E-state index in [-0.39, 0.29) is 12.8 Å². The van der Waals surface area contributed by atoms with Crippen molar-refractivity contribution in [3.8, 4) is 0 Å². The number of aliphatic hydroxyl groups excluding tert-OH is 1. The zero-order chi connectivity index (χ0) is 16.2. The van der Waals surface area contributed by atoms with E-state index in [0.717, 1.165) is 44.3 Å². The number of rotatable bonds is 5. The van der Waals surface area contributed by atoms with Crippen molar-refractivity contribution in [2.75, 3.05) is 13.3 Å². The molecular formula is C17H28FN3O2. The third kappa shape index (κ3) is 4.25. The van der Waals surface area contributed by atoms with Gasteiger partial charge >= 0.3 is 0 Å². The van der Waals surface area contributed by atoms with Gasteiger partial charge in [-0.1, -0.05) is 0 Å². The molecule has 0 aromatic rings. The van der Waals surface area contributed by atoms with Gasteiger partial charge in [-0.15, -0.1) is 0 Å². The molecule has 0 aromatic carbocycles. The van der Waals surface area contributed by atoms with E-state index in [2.05, 4.69) is 22.9 Å². The maximum absolute atomic E-state index is 12.3. The average Bonchev–Trinajstić information content (AvgIpc) is 2.59. The molecule has 3 rings (SSSR count). The van der Waals surface area contributed by atoms with Gasteiger partial charge in [0.15, 0.2) is 0 Å². The highest BCUT2D eigenvalue weighted by molar-refractivity contribution is 5.17. The number of hydrogen-bond acceptors (Lipinski definition) is 5. The van der Waals surface area contributed by atoms with Crippen LogP contribution in [0.1, 0.15) is 38.5 Å². The van der Waals surface area contributed by atoms with E-state index in [9.17, 15) is 9.50 Å². The van der Waals surface area contributed by atoms with Gasteiger partial charge in [0, 0.05) is 18.5 Å². The van der Waals surface area contributed by atoms with Crippen LogP contribution in [0.4, 0.5) is 4.39 Å². The number of halogens is 1. The summed E-state index contributed by atoms with van der Waals surface area (Å²) in [7, 11) is 0. The molecule has 0 radical (unpaired) electrons. The minimum Gasteiger partial charge on any atom is -0.495 e. The van der Waals surface area contributed by atoms with E-state index in [0.29, 0.717) is 18.0 Å². The predicted molar refractivity (Wildman–Crippen MR) is 87.1 cm³/mol. The van der Waals surface area contributed by atoms with Gasteiger partial charge in [-0.25, -0.2) is 4.39 Å². The Morgan fingerprint density at radius 3 is 3.00 bits per heavy atom. The molecule has 0 amide bonds. The Kier molecular flexibility index (Phi) is 5.56. The molecule has 0 spiro atoms. The van der Waals surface area contributed by atoms with Crippen molar-refractivity contribution < 1.29 is 14.2 Å². The van der Waals surface area contributed by atoms with E-state index in [1.807, 2.05) is 0 Å². The number of nitrogens with two attached hydrogens (primary N) is 1. The van der Waals surface area contributed by atoms with Crippen LogP contribution in [0, 0.1) is 5.92 Å². The van der Waals surface area contributed by atoms with Crippen LogP contribution >= 0.6 is 0 Å². The van der Waals surface area contributed by atoms with Crippen LogP contribution in [-0.2, 0) is 4.74 Å². The Balaban J connectivity index is 1.52. The standard InChI is InChI=1S/C17H28FN3O2/c18-8-13(22)10-23-14-3-5-15-11(7-14)1-4-16(21-15)12-2-6-17(19)20-9-12/h3,9,11,13,15-17,20-22H,1-2,4-8,10,19H2/t11-,13?,15+,16?,17?/m1/s1.